The molecule has 25 heavy (non-hydrogen) atoms. The summed E-state index contributed by atoms with van der Waals surface area (Å²) in [4.78, 5) is 12.0. The highest BCUT2D eigenvalue weighted by molar-refractivity contribution is 5.88. The van der Waals surface area contributed by atoms with Gasteiger partial charge in [0, 0.05) is 13.2 Å². The lowest BCUT2D eigenvalue weighted by Crippen LogP contribution is -2.64. The van der Waals surface area contributed by atoms with E-state index in [9.17, 15) is 15.0 Å². The molecule has 0 aromatic heterocycles. The molecule has 1 saturated heterocycles. The average Bonchev–Trinajstić information content (AvgIpc) is 2.64. The maximum atomic E-state index is 12.0. The zero-order valence-electron chi connectivity index (χ0n) is 13.9. The van der Waals surface area contributed by atoms with E-state index in [1.54, 1.807) is 12.2 Å². The van der Waals surface area contributed by atoms with E-state index >= 15 is 0 Å². The summed E-state index contributed by atoms with van der Waals surface area (Å²) >= 11 is 0. The molecule has 2 rings (SSSR count). The molecule has 0 unspecified atom stereocenters. The van der Waals surface area contributed by atoms with Crippen molar-refractivity contribution >= 4 is 12.0 Å². The smallest absolute Gasteiger partial charge is 0.244 e. The molecule has 0 aliphatic carbocycles. The Hall–Kier alpha value is -2.03. The van der Waals surface area contributed by atoms with E-state index in [4.69, 9.17) is 14.6 Å². The molecule has 0 bridgehead atoms. The van der Waals surface area contributed by atoms with Crippen LogP contribution in [0.4, 0.5) is 0 Å². The van der Waals surface area contributed by atoms with Gasteiger partial charge in [-0.15, -0.1) is 0 Å². The van der Waals surface area contributed by atoms with Crippen LogP contribution in [-0.2, 0) is 14.3 Å². The molecule has 0 saturated carbocycles. The Kier molecular flexibility index (Phi) is 7.30. The normalized spacial score (nSPS) is 30.0. The Balaban J connectivity index is 1.94. The fourth-order valence-electron chi connectivity index (χ4n) is 2.52. The molecule has 0 spiro atoms. The number of rotatable bonds is 6. The van der Waals surface area contributed by atoms with E-state index in [2.05, 4.69) is 5.32 Å². The van der Waals surface area contributed by atoms with Gasteiger partial charge in [-0.25, -0.2) is 0 Å². The predicted molar refractivity (Wildman–Crippen MR) is 91.3 cm³/mol. The maximum Gasteiger partial charge on any atom is 0.244 e. The van der Waals surface area contributed by atoms with Crippen LogP contribution < -0.4 is 5.32 Å². The summed E-state index contributed by atoms with van der Waals surface area (Å²) in [6.45, 7) is -0.469. The molecular formula is C18H23NO6. The molecule has 1 fully saturated rings. The van der Waals surface area contributed by atoms with E-state index < -0.39 is 43.2 Å². The lowest BCUT2D eigenvalue weighted by Gasteiger charge is -2.41. The predicted octanol–water partition coefficient (Wildman–Crippen LogP) is -0.174. The minimum absolute atomic E-state index is 0.469. The fraction of sp³-hybridized carbons (Fsp3) is 0.389. The van der Waals surface area contributed by atoms with Gasteiger partial charge >= 0.3 is 0 Å². The first-order valence-corrected chi connectivity index (χ1v) is 7.92. The van der Waals surface area contributed by atoms with E-state index in [1.165, 1.54) is 13.2 Å². The molecule has 0 radical (unpaired) electrons. The van der Waals surface area contributed by atoms with Gasteiger partial charge in [0.1, 0.15) is 24.4 Å². The third-order valence-electron chi connectivity index (χ3n) is 3.87. The van der Waals surface area contributed by atoms with Crippen molar-refractivity contribution in [3.63, 3.8) is 0 Å². The van der Waals surface area contributed by atoms with Crippen LogP contribution in [0.3, 0.4) is 0 Å². The van der Waals surface area contributed by atoms with Gasteiger partial charge < -0.3 is 30.1 Å². The van der Waals surface area contributed by atoms with Crippen molar-refractivity contribution in [3.05, 3.63) is 54.1 Å². The zero-order valence-corrected chi connectivity index (χ0v) is 13.9. The van der Waals surface area contributed by atoms with Crippen molar-refractivity contribution in [2.75, 3.05) is 13.7 Å². The number of aliphatic hydroxyl groups excluding tert-OH is 3. The third-order valence-corrected chi connectivity index (χ3v) is 3.87. The number of carbonyl (C=O) groups is 1. The van der Waals surface area contributed by atoms with Crippen LogP contribution in [0.15, 0.2) is 48.6 Å². The second kappa shape index (κ2) is 9.45. The second-order valence-corrected chi connectivity index (χ2v) is 5.61. The lowest BCUT2D eigenvalue weighted by molar-refractivity contribution is -0.262. The van der Waals surface area contributed by atoms with Crippen molar-refractivity contribution in [2.45, 2.75) is 30.6 Å². The molecular weight excluding hydrogens is 326 g/mol. The Morgan fingerprint density at radius 1 is 1.24 bits per heavy atom. The first kappa shape index (κ1) is 19.3. The summed E-state index contributed by atoms with van der Waals surface area (Å²) < 4.78 is 10.4. The Morgan fingerprint density at radius 3 is 2.60 bits per heavy atom. The highest BCUT2D eigenvalue weighted by Gasteiger charge is 2.44. The SMILES string of the molecule is CO[C@@H]1O[C@H](CO)[C@@H](O)[C@H](O)[C@H]1NC(=O)C=CC=Cc1ccccc1. The number of amides is 1. The Bertz CT molecular complexity index is 601. The highest BCUT2D eigenvalue weighted by Crippen LogP contribution is 2.21. The summed E-state index contributed by atoms with van der Waals surface area (Å²) in [6, 6.07) is 8.65. The number of carbonyl (C=O) groups excluding carboxylic acids is 1. The van der Waals surface area contributed by atoms with Crippen LogP contribution in [0.2, 0.25) is 0 Å². The van der Waals surface area contributed by atoms with E-state index in [0.29, 0.717) is 0 Å². The van der Waals surface area contributed by atoms with Gasteiger partial charge in [-0.05, 0) is 5.56 Å². The van der Waals surface area contributed by atoms with Crippen molar-refractivity contribution in [1.29, 1.82) is 0 Å². The summed E-state index contributed by atoms with van der Waals surface area (Å²) in [5, 5.41) is 31.7. The maximum absolute atomic E-state index is 12.0. The fourth-order valence-corrected chi connectivity index (χ4v) is 2.52. The van der Waals surface area contributed by atoms with Gasteiger partial charge in [-0.2, -0.15) is 0 Å². The lowest BCUT2D eigenvalue weighted by atomic mass is 9.97. The average molecular weight is 349 g/mol. The van der Waals surface area contributed by atoms with Crippen LogP contribution in [0.25, 0.3) is 6.08 Å². The number of allylic oxidation sites excluding steroid dienone is 2. The first-order valence-electron chi connectivity index (χ1n) is 7.92. The molecule has 5 atom stereocenters. The highest BCUT2D eigenvalue weighted by atomic mass is 16.7. The second-order valence-electron chi connectivity index (χ2n) is 5.61. The van der Waals surface area contributed by atoms with E-state index in [0.717, 1.165) is 5.56 Å². The number of benzene rings is 1. The van der Waals surface area contributed by atoms with Crippen molar-refractivity contribution < 1.29 is 29.6 Å². The largest absolute Gasteiger partial charge is 0.394 e. The van der Waals surface area contributed by atoms with Gasteiger partial charge in [0.25, 0.3) is 0 Å². The number of nitrogens with one attached hydrogen (secondary N) is 1. The molecule has 7 nitrogen and oxygen atoms in total. The molecule has 1 heterocycles. The molecule has 4 N–H and O–H groups in total. The summed E-state index contributed by atoms with van der Waals surface area (Å²) in [6.07, 6.45) is 1.81. The van der Waals surface area contributed by atoms with Crippen LogP contribution in [0, 0.1) is 0 Å². The van der Waals surface area contributed by atoms with Gasteiger partial charge in [-0.3, -0.25) is 4.79 Å². The van der Waals surface area contributed by atoms with Gasteiger partial charge in [-0.1, -0.05) is 48.6 Å². The van der Waals surface area contributed by atoms with Gasteiger partial charge in [0.05, 0.1) is 6.61 Å². The first-order chi connectivity index (χ1) is 12.1. The zero-order chi connectivity index (χ0) is 18.2. The van der Waals surface area contributed by atoms with Crippen LogP contribution in [-0.4, -0.2) is 65.6 Å². The van der Waals surface area contributed by atoms with Gasteiger partial charge in [0.15, 0.2) is 6.29 Å². The minimum Gasteiger partial charge on any atom is -0.394 e. The molecule has 136 valence electrons. The number of aliphatic hydroxyl groups is 3. The molecule has 7 heteroatoms. The molecule has 1 amide bonds. The van der Waals surface area contributed by atoms with E-state index in [-0.39, 0.29) is 0 Å². The summed E-state index contributed by atoms with van der Waals surface area (Å²) in [7, 11) is 1.35. The number of hydrogen-bond acceptors (Lipinski definition) is 6. The standard InChI is InChI=1S/C18H23NO6/c1-24-18-15(17(23)16(22)13(11-20)25-18)19-14(21)10-6-5-9-12-7-3-2-4-8-12/h2-10,13,15-18,20,22-23H,11H2,1H3,(H,19,21)/t13-,15-,16-,17-,18-/m1/s1. The van der Waals surface area contributed by atoms with Crippen LogP contribution in [0.1, 0.15) is 5.56 Å². The van der Waals surface area contributed by atoms with Crippen LogP contribution >= 0.6 is 0 Å². The number of hydrogen-bond donors (Lipinski definition) is 4. The summed E-state index contributed by atoms with van der Waals surface area (Å²) in [5.41, 5.74) is 1.00. The minimum atomic E-state index is -1.33. The van der Waals surface area contributed by atoms with Crippen molar-refractivity contribution in [1.82, 2.24) is 5.32 Å². The summed E-state index contributed by atoms with van der Waals surface area (Å²) in [5.74, 6) is -0.470. The van der Waals surface area contributed by atoms with Crippen molar-refractivity contribution in [3.8, 4) is 0 Å². The third kappa shape index (κ3) is 5.22. The van der Waals surface area contributed by atoms with Gasteiger partial charge in [0.2, 0.25) is 5.91 Å². The molecule has 1 aliphatic heterocycles. The molecule has 1 aromatic rings. The number of ether oxygens (including phenoxy) is 2. The quantitative estimate of drug-likeness (QED) is 0.419. The topological polar surface area (TPSA) is 108 Å². The van der Waals surface area contributed by atoms with Crippen LogP contribution in [0.5, 0.6) is 0 Å². The van der Waals surface area contributed by atoms with Crippen molar-refractivity contribution in [2.24, 2.45) is 0 Å². The number of methoxy groups -OCH3 is 1. The monoisotopic (exact) mass is 349 g/mol. The molecule has 1 aliphatic rings. The molecule has 1 aromatic carbocycles. The van der Waals surface area contributed by atoms with E-state index in [1.807, 2.05) is 36.4 Å². The Labute approximate surface area is 146 Å². The Morgan fingerprint density at radius 2 is 1.96 bits per heavy atom.